The zero-order chi connectivity index (χ0) is 19.2. The van der Waals surface area contributed by atoms with Crippen molar-refractivity contribution in [3.8, 4) is 17.0 Å². The minimum atomic E-state index is 0.433. The fourth-order valence-electron chi connectivity index (χ4n) is 3.52. The lowest BCUT2D eigenvalue weighted by Crippen LogP contribution is -2.23. The van der Waals surface area contributed by atoms with E-state index in [0.29, 0.717) is 12.0 Å². The van der Waals surface area contributed by atoms with Crippen LogP contribution in [0.2, 0.25) is 0 Å². The minimum absolute atomic E-state index is 0.433. The van der Waals surface area contributed by atoms with Crippen LogP contribution in [0.15, 0.2) is 54.9 Å². The van der Waals surface area contributed by atoms with Gasteiger partial charge in [-0.05, 0) is 37.1 Å². The van der Waals surface area contributed by atoms with Crippen LogP contribution in [0.3, 0.4) is 0 Å². The van der Waals surface area contributed by atoms with Crippen LogP contribution in [-0.2, 0) is 0 Å². The third-order valence-corrected chi connectivity index (χ3v) is 4.96. The van der Waals surface area contributed by atoms with E-state index in [-0.39, 0.29) is 0 Å². The summed E-state index contributed by atoms with van der Waals surface area (Å²) in [6.45, 7) is 0. The number of nitrogens with one attached hydrogen (secondary N) is 2. The number of anilines is 3. The molecule has 0 bridgehead atoms. The molecule has 2 heterocycles. The monoisotopic (exact) mass is 375 g/mol. The molecule has 144 valence electrons. The summed E-state index contributed by atoms with van der Waals surface area (Å²) in [5, 5.41) is 6.91. The highest BCUT2D eigenvalue weighted by Crippen LogP contribution is 2.26. The standard InChI is InChI=1S/C22H25N5O/c1-28-19-11-5-10-18(13-19)24-21-14-20(16-7-6-12-23-15-16)26-22(27-21)25-17-8-3-2-4-9-17/h5-7,10-15,17H,2-4,8-9H2,1H3,(H2,24,25,26,27). The number of benzene rings is 1. The summed E-state index contributed by atoms with van der Waals surface area (Å²) < 4.78 is 5.32. The molecule has 0 radical (unpaired) electrons. The molecule has 1 aliphatic rings. The molecule has 3 aromatic rings. The number of hydrogen-bond donors (Lipinski definition) is 2. The molecule has 0 atom stereocenters. The maximum absolute atomic E-state index is 5.32. The Labute approximate surface area is 165 Å². The van der Waals surface area contributed by atoms with E-state index in [4.69, 9.17) is 14.7 Å². The Morgan fingerprint density at radius 3 is 2.68 bits per heavy atom. The molecule has 0 unspecified atom stereocenters. The second kappa shape index (κ2) is 8.69. The minimum Gasteiger partial charge on any atom is -0.497 e. The largest absolute Gasteiger partial charge is 0.497 e. The molecule has 1 aromatic carbocycles. The summed E-state index contributed by atoms with van der Waals surface area (Å²) in [6.07, 6.45) is 9.75. The van der Waals surface area contributed by atoms with Gasteiger partial charge in [0.05, 0.1) is 12.8 Å². The molecule has 1 fully saturated rings. The maximum atomic E-state index is 5.32. The van der Waals surface area contributed by atoms with Crippen LogP contribution in [0.4, 0.5) is 17.5 Å². The number of rotatable bonds is 6. The Bertz CT molecular complexity index is 910. The molecule has 28 heavy (non-hydrogen) atoms. The fourth-order valence-corrected chi connectivity index (χ4v) is 3.52. The third kappa shape index (κ3) is 4.57. The van der Waals surface area contributed by atoms with Crippen molar-refractivity contribution >= 4 is 17.5 Å². The molecule has 1 aliphatic carbocycles. The Morgan fingerprint density at radius 2 is 1.89 bits per heavy atom. The van der Waals surface area contributed by atoms with Crippen molar-refractivity contribution in [2.75, 3.05) is 17.7 Å². The van der Waals surface area contributed by atoms with Gasteiger partial charge in [-0.3, -0.25) is 4.98 Å². The second-order valence-corrected chi connectivity index (χ2v) is 7.04. The highest BCUT2D eigenvalue weighted by molar-refractivity contribution is 5.67. The summed E-state index contributed by atoms with van der Waals surface area (Å²) in [6, 6.07) is 14.1. The molecule has 1 saturated carbocycles. The van der Waals surface area contributed by atoms with Crippen LogP contribution in [0.1, 0.15) is 32.1 Å². The Kier molecular flexibility index (Phi) is 5.66. The molecule has 4 rings (SSSR count). The van der Waals surface area contributed by atoms with E-state index in [1.807, 2.05) is 48.7 Å². The number of pyridine rings is 1. The third-order valence-electron chi connectivity index (χ3n) is 4.96. The lowest BCUT2D eigenvalue weighted by molar-refractivity contribution is 0.415. The fraction of sp³-hybridized carbons (Fsp3) is 0.318. The van der Waals surface area contributed by atoms with Crippen molar-refractivity contribution in [3.05, 3.63) is 54.9 Å². The van der Waals surface area contributed by atoms with Crippen molar-refractivity contribution in [3.63, 3.8) is 0 Å². The predicted octanol–water partition coefficient (Wildman–Crippen LogP) is 5.04. The predicted molar refractivity (Wildman–Crippen MR) is 112 cm³/mol. The lowest BCUT2D eigenvalue weighted by atomic mass is 9.96. The van der Waals surface area contributed by atoms with Crippen LogP contribution in [0.25, 0.3) is 11.3 Å². The van der Waals surface area contributed by atoms with Gasteiger partial charge in [0.25, 0.3) is 0 Å². The van der Waals surface area contributed by atoms with Gasteiger partial charge in [-0.25, -0.2) is 4.98 Å². The van der Waals surface area contributed by atoms with Gasteiger partial charge in [-0.1, -0.05) is 25.3 Å². The number of ether oxygens (including phenoxy) is 1. The maximum Gasteiger partial charge on any atom is 0.225 e. The van der Waals surface area contributed by atoms with Gasteiger partial charge in [-0.15, -0.1) is 0 Å². The molecule has 0 aliphatic heterocycles. The van der Waals surface area contributed by atoms with Crippen LogP contribution in [-0.4, -0.2) is 28.1 Å². The van der Waals surface area contributed by atoms with E-state index in [1.165, 1.54) is 32.1 Å². The molecular weight excluding hydrogens is 350 g/mol. The molecule has 0 saturated heterocycles. The normalized spacial score (nSPS) is 14.5. The summed E-state index contributed by atoms with van der Waals surface area (Å²) >= 11 is 0. The van der Waals surface area contributed by atoms with Gasteiger partial charge in [0.1, 0.15) is 11.6 Å². The number of methoxy groups -OCH3 is 1. The van der Waals surface area contributed by atoms with E-state index in [0.717, 1.165) is 28.5 Å². The first kappa shape index (κ1) is 18.2. The average molecular weight is 375 g/mol. The van der Waals surface area contributed by atoms with E-state index < -0.39 is 0 Å². The van der Waals surface area contributed by atoms with Crippen molar-refractivity contribution in [2.45, 2.75) is 38.1 Å². The summed E-state index contributed by atoms with van der Waals surface area (Å²) in [5.74, 6) is 2.19. The van der Waals surface area contributed by atoms with E-state index in [9.17, 15) is 0 Å². The number of nitrogens with zero attached hydrogens (tertiary/aromatic N) is 3. The van der Waals surface area contributed by atoms with Crippen molar-refractivity contribution in [2.24, 2.45) is 0 Å². The smallest absolute Gasteiger partial charge is 0.225 e. The zero-order valence-electron chi connectivity index (χ0n) is 16.1. The number of aromatic nitrogens is 3. The topological polar surface area (TPSA) is 72.0 Å². The first-order valence-corrected chi connectivity index (χ1v) is 9.77. The van der Waals surface area contributed by atoms with Crippen molar-refractivity contribution in [1.29, 1.82) is 0 Å². The highest BCUT2D eigenvalue weighted by Gasteiger charge is 2.15. The SMILES string of the molecule is COc1cccc(Nc2cc(-c3cccnc3)nc(NC3CCCCC3)n2)c1. The van der Waals surface area contributed by atoms with Gasteiger partial charge < -0.3 is 15.4 Å². The van der Waals surface area contributed by atoms with Gasteiger partial charge in [0.15, 0.2) is 0 Å². The average Bonchev–Trinajstić information content (AvgIpc) is 2.75. The van der Waals surface area contributed by atoms with Gasteiger partial charge >= 0.3 is 0 Å². The summed E-state index contributed by atoms with van der Waals surface area (Å²) in [5.41, 5.74) is 2.72. The van der Waals surface area contributed by atoms with E-state index in [1.54, 1.807) is 13.3 Å². The van der Waals surface area contributed by atoms with Crippen molar-refractivity contribution in [1.82, 2.24) is 15.0 Å². The molecule has 2 aromatic heterocycles. The van der Waals surface area contributed by atoms with E-state index >= 15 is 0 Å². The summed E-state index contributed by atoms with van der Waals surface area (Å²) in [7, 11) is 1.66. The Hall–Kier alpha value is -3.15. The summed E-state index contributed by atoms with van der Waals surface area (Å²) in [4.78, 5) is 13.7. The molecule has 0 amide bonds. The van der Waals surface area contributed by atoms with Gasteiger partial charge in [0, 0.05) is 41.8 Å². The molecule has 2 N–H and O–H groups in total. The quantitative estimate of drug-likeness (QED) is 0.629. The second-order valence-electron chi connectivity index (χ2n) is 7.04. The van der Waals surface area contributed by atoms with Gasteiger partial charge in [-0.2, -0.15) is 4.98 Å². The zero-order valence-corrected chi connectivity index (χ0v) is 16.1. The molecular formula is C22H25N5O. The van der Waals surface area contributed by atoms with Gasteiger partial charge in [0.2, 0.25) is 5.95 Å². The van der Waals surface area contributed by atoms with Crippen LogP contribution in [0.5, 0.6) is 5.75 Å². The van der Waals surface area contributed by atoms with E-state index in [2.05, 4.69) is 15.6 Å². The molecule has 6 nitrogen and oxygen atoms in total. The van der Waals surface area contributed by atoms with Crippen LogP contribution < -0.4 is 15.4 Å². The number of hydrogen-bond acceptors (Lipinski definition) is 6. The van der Waals surface area contributed by atoms with Crippen molar-refractivity contribution < 1.29 is 4.74 Å². The lowest BCUT2D eigenvalue weighted by Gasteiger charge is -2.23. The molecule has 6 heteroatoms. The molecule has 0 spiro atoms. The highest BCUT2D eigenvalue weighted by atomic mass is 16.5. The first-order chi connectivity index (χ1) is 13.8. The first-order valence-electron chi connectivity index (χ1n) is 9.77. The Morgan fingerprint density at radius 1 is 1.00 bits per heavy atom. The Balaban J connectivity index is 1.64. The van der Waals surface area contributed by atoms with Crippen LogP contribution in [0, 0.1) is 0 Å². The van der Waals surface area contributed by atoms with Crippen LogP contribution >= 0.6 is 0 Å².